The first kappa shape index (κ1) is 11.9. The minimum absolute atomic E-state index is 0.161. The Hall–Kier alpha value is -0.160. The molecule has 0 amide bonds. The molecule has 2 N–H and O–H groups in total. The molecule has 14 heavy (non-hydrogen) atoms. The molecule has 0 spiro atoms. The van der Waals surface area contributed by atoms with Gasteiger partial charge in [0.1, 0.15) is 0 Å². The van der Waals surface area contributed by atoms with E-state index in [0.29, 0.717) is 12.5 Å². The smallest absolute Gasteiger partial charge is 0.0897 e. The quantitative estimate of drug-likeness (QED) is 0.644. The zero-order valence-corrected chi connectivity index (χ0v) is 8.85. The maximum absolute atomic E-state index is 9.23. The van der Waals surface area contributed by atoms with Crippen molar-refractivity contribution < 1.29 is 14.9 Å². The van der Waals surface area contributed by atoms with Gasteiger partial charge in [-0.3, -0.25) is 0 Å². The fraction of sp³-hybridized carbons (Fsp3) is 1.00. The van der Waals surface area contributed by atoms with Gasteiger partial charge in [-0.05, 0) is 25.8 Å². The van der Waals surface area contributed by atoms with Crippen LogP contribution in [-0.2, 0) is 4.74 Å². The van der Waals surface area contributed by atoms with Gasteiger partial charge in [-0.2, -0.15) is 0 Å². The lowest BCUT2D eigenvalue weighted by Gasteiger charge is -2.27. The first-order valence-corrected chi connectivity index (χ1v) is 5.27. The summed E-state index contributed by atoms with van der Waals surface area (Å²) in [5, 5.41) is 17.9. The Kier molecular flexibility index (Phi) is 5.40. The van der Waals surface area contributed by atoms with E-state index in [-0.39, 0.29) is 6.61 Å². The highest BCUT2D eigenvalue weighted by Crippen LogP contribution is 2.14. The summed E-state index contributed by atoms with van der Waals surface area (Å²) >= 11 is 0. The highest BCUT2D eigenvalue weighted by Gasteiger charge is 2.16. The molecule has 1 fully saturated rings. The topological polar surface area (TPSA) is 52.9 Å². The fourth-order valence-electron chi connectivity index (χ4n) is 1.88. The van der Waals surface area contributed by atoms with Crippen LogP contribution in [0.15, 0.2) is 0 Å². The second-order valence-corrected chi connectivity index (χ2v) is 4.14. The van der Waals surface area contributed by atoms with Gasteiger partial charge in [-0.15, -0.1) is 0 Å². The molecule has 0 aromatic carbocycles. The number of aliphatic hydroxyl groups is 2. The van der Waals surface area contributed by atoms with E-state index in [1.165, 1.54) is 6.42 Å². The maximum Gasteiger partial charge on any atom is 0.0897 e. The molecule has 0 radical (unpaired) electrons. The fourth-order valence-corrected chi connectivity index (χ4v) is 1.88. The maximum atomic E-state index is 9.23. The normalized spacial score (nSPS) is 25.3. The van der Waals surface area contributed by atoms with E-state index in [0.717, 1.165) is 26.2 Å². The Morgan fingerprint density at radius 1 is 1.57 bits per heavy atom. The van der Waals surface area contributed by atoms with Crippen molar-refractivity contribution in [3.8, 4) is 0 Å². The van der Waals surface area contributed by atoms with Gasteiger partial charge < -0.3 is 19.8 Å². The Labute approximate surface area is 85.5 Å². The first-order chi connectivity index (χ1) is 6.72. The molecule has 1 aliphatic heterocycles. The van der Waals surface area contributed by atoms with Crippen LogP contribution in [0.25, 0.3) is 0 Å². The van der Waals surface area contributed by atoms with Crippen LogP contribution in [-0.4, -0.2) is 61.2 Å². The van der Waals surface area contributed by atoms with Crippen LogP contribution >= 0.6 is 0 Å². The van der Waals surface area contributed by atoms with Gasteiger partial charge in [-0.25, -0.2) is 0 Å². The summed E-state index contributed by atoms with van der Waals surface area (Å²) in [5.41, 5.74) is 0. The molecule has 0 aromatic rings. The van der Waals surface area contributed by atoms with Crippen LogP contribution < -0.4 is 0 Å². The van der Waals surface area contributed by atoms with Gasteiger partial charge in [0.15, 0.2) is 0 Å². The predicted molar refractivity (Wildman–Crippen MR) is 54.1 cm³/mol. The molecule has 1 saturated heterocycles. The summed E-state index contributed by atoms with van der Waals surface area (Å²) in [6.07, 6.45) is 1.73. The monoisotopic (exact) mass is 203 g/mol. The second-order valence-electron chi connectivity index (χ2n) is 4.14. The van der Waals surface area contributed by atoms with Gasteiger partial charge in [-0.1, -0.05) is 0 Å². The van der Waals surface area contributed by atoms with Gasteiger partial charge in [0.25, 0.3) is 0 Å². The minimum atomic E-state index is -0.621. The van der Waals surface area contributed by atoms with E-state index in [1.807, 2.05) is 7.05 Å². The summed E-state index contributed by atoms with van der Waals surface area (Å²) in [7, 11) is 1.97. The molecule has 0 saturated carbocycles. The lowest BCUT2D eigenvalue weighted by molar-refractivity contribution is 0.0259. The van der Waals surface area contributed by atoms with E-state index in [4.69, 9.17) is 9.84 Å². The van der Waals surface area contributed by atoms with Crippen LogP contribution in [0.2, 0.25) is 0 Å². The van der Waals surface area contributed by atoms with E-state index in [1.54, 1.807) is 0 Å². The number of hydrogen-bond donors (Lipinski definition) is 2. The molecule has 0 aliphatic carbocycles. The van der Waals surface area contributed by atoms with Crippen LogP contribution in [0.5, 0.6) is 0 Å². The van der Waals surface area contributed by atoms with Gasteiger partial charge >= 0.3 is 0 Å². The first-order valence-electron chi connectivity index (χ1n) is 5.27. The number of aliphatic hydroxyl groups excluding tert-OH is 2. The van der Waals surface area contributed by atoms with Gasteiger partial charge in [0.2, 0.25) is 0 Å². The Morgan fingerprint density at radius 2 is 2.36 bits per heavy atom. The molecule has 84 valence electrons. The number of nitrogens with zero attached hydrogens (tertiary/aromatic N) is 1. The summed E-state index contributed by atoms with van der Waals surface area (Å²) in [5.74, 6) is 0.583. The molecule has 1 heterocycles. The Morgan fingerprint density at radius 3 is 2.93 bits per heavy atom. The number of hydrogen-bond acceptors (Lipinski definition) is 4. The zero-order chi connectivity index (χ0) is 10.4. The Balaban J connectivity index is 2.14. The SMILES string of the molecule is CN(CC(O)CO)CC1CCCOC1. The molecular formula is C10H21NO3. The molecule has 1 aliphatic rings. The van der Waals surface area contributed by atoms with Crippen molar-refractivity contribution in [1.82, 2.24) is 4.90 Å². The van der Waals surface area contributed by atoms with Crippen LogP contribution in [0, 0.1) is 5.92 Å². The van der Waals surface area contributed by atoms with Crippen molar-refractivity contribution in [3.63, 3.8) is 0 Å². The van der Waals surface area contributed by atoms with Crippen LogP contribution in [0.4, 0.5) is 0 Å². The molecule has 0 aromatic heterocycles. The second kappa shape index (κ2) is 6.35. The lowest BCUT2D eigenvalue weighted by Crippen LogP contribution is -2.36. The standard InChI is InChI=1S/C10H21NO3/c1-11(6-10(13)7-12)5-9-3-2-4-14-8-9/h9-10,12-13H,2-8H2,1H3. The average molecular weight is 203 g/mol. The highest BCUT2D eigenvalue weighted by atomic mass is 16.5. The van der Waals surface area contributed by atoms with Crippen molar-refractivity contribution >= 4 is 0 Å². The summed E-state index contributed by atoms with van der Waals surface area (Å²) in [6, 6.07) is 0. The third-order valence-corrected chi connectivity index (χ3v) is 2.56. The van der Waals surface area contributed by atoms with Crippen molar-refractivity contribution in [1.29, 1.82) is 0 Å². The van der Waals surface area contributed by atoms with Crippen molar-refractivity contribution in [2.75, 3.05) is 40.0 Å². The van der Waals surface area contributed by atoms with E-state index in [9.17, 15) is 5.11 Å². The van der Waals surface area contributed by atoms with Crippen LogP contribution in [0.1, 0.15) is 12.8 Å². The lowest BCUT2D eigenvalue weighted by atomic mass is 10.0. The number of likely N-dealkylation sites (N-methyl/N-ethyl adjacent to an activating group) is 1. The van der Waals surface area contributed by atoms with Gasteiger partial charge in [0.05, 0.1) is 19.3 Å². The highest BCUT2D eigenvalue weighted by molar-refractivity contribution is 4.68. The third kappa shape index (κ3) is 4.37. The summed E-state index contributed by atoms with van der Waals surface area (Å²) in [4.78, 5) is 2.06. The van der Waals surface area contributed by atoms with Crippen molar-refractivity contribution in [2.45, 2.75) is 18.9 Å². The van der Waals surface area contributed by atoms with E-state index < -0.39 is 6.10 Å². The predicted octanol–water partition coefficient (Wildman–Crippen LogP) is -0.302. The van der Waals surface area contributed by atoms with Gasteiger partial charge in [0, 0.05) is 19.7 Å². The molecule has 4 nitrogen and oxygen atoms in total. The van der Waals surface area contributed by atoms with E-state index >= 15 is 0 Å². The number of rotatable bonds is 5. The van der Waals surface area contributed by atoms with Crippen molar-refractivity contribution in [3.05, 3.63) is 0 Å². The van der Waals surface area contributed by atoms with E-state index in [2.05, 4.69) is 4.90 Å². The van der Waals surface area contributed by atoms with Crippen molar-refractivity contribution in [2.24, 2.45) is 5.92 Å². The molecule has 1 rings (SSSR count). The Bertz CT molecular complexity index is 148. The summed E-state index contributed by atoms with van der Waals surface area (Å²) < 4.78 is 5.38. The minimum Gasteiger partial charge on any atom is -0.394 e. The largest absolute Gasteiger partial charge is 0.394 e. The van der Waals surface area contributed by atoms with Crippen LogP contribution in [0.3, 0.4) is 0 Å². The molecule has 2 unspecified atom stereocenters. The zero-order valence-electron chi connectivity index (χ0n) is 8.85. The molecule has 4 heteroatoms. The molecular weight excluding hydrogens is 182 g/mol. The average Bonchev–Trinajstić information content (AvgIpc) is 2.19. The molecule has 0 bridgehead atoms. The molecule has 2 atom stereocenters. The number of ether oxygens (including phenoxy) is 1. The third-order valence-electron chi connectivity index (χ3n) is 2.56. The summed E-state index contributed by atoms with van der Waals surface area (Å²) in [6.45, 7) is 3.04.